The molecule has 10 aromatic carbocycles. The minimum atomic E-state index is -0.588. The number of fused-ring (bicyclic) bond motifs is 6. The topological polar surface area (TPSA) is 36.7 Å². The van der Waals surface area contributed by atoms with Gasteiger partial charge in [-0.05, 0) is 93.0 Å². The Labute approximate surface area is 388 Å². The summed E-state index contributed by atoms with van der Waals surface area (Å²) < 4.78 is 6.95. The van der Waals surface area contributed by atoms with Crippen LogP contribution in [0, 0.1) is 0 Å². The van der Waals surface area contributed by atoms with Crippen molar-refractivity contribution in [3.05, 3.63) is 310 Å². The van der Waals surface area contributed by atoms with Crippen LogP contribution in [-0.2, 0) is 10.8 Å². The van der Waals surface area contributed by atoms with Crippen molar-refractivity contribution in [1.82, 2.24) is 0 Å². The van der Waals surface area contributed by atoms with Crippen molar-refractivity contribution in [2.24, 2.45) is 0 Å². The summed E-state index contributed by atoms with van der Waals surface area (Å²) in [5, 5.41) is 1.07. The molecule has 0 amide bonds. The molecule has 0 bridgehead atoms. The zero-order chi connectivity index (χ0) is 44.5. The first-order valence-corrected chi connectivity index (χ1v) is 22.9. The number of hydrogen-bond donors (Lipinski definition) is 0. The first kappa shape index (κ1) is 38.7. The monoisotopic (exact) mass is 858 g/mol. The van der Waals surface area contributed by atoms with Crippen LogP contribution in [0.5, 0.6) is 0 Å². The zero-order valence-corrected chi connectivity index (χ0v) is 36.5. The second kappa shape index (κ2) is 15.2. The maximum atomic E-state index is 14.6. The number of rotatable bonds is 6. The van der Waals surface area contributed by atoms with Crippen molar-refractivity contribution in [2.45, 2.75) is 10.8 Å². The summed E-state index contributed by atoms with van der Waals surface area (Å²) in [6, 6.07) is 90.1. The lowest BCUT2D eigenvalue weighted by atomic mass is 9.62. The van der Waals surface area contributed by atoms with E-state index in [1.165, 1.54) is 44.5 Å². The number of benzene rings is 10. The van der Waals surface area contributed by atoms with Crippen LogP contribution in [-0.4, -0.2) is 0 Å². The maximum Gasteiger partial charge on any atom is 0.200 e. The van der Waals surface area contributed by atoms with Gasteiger partial charge in [-0.15, -0.1) is 0 Å². The molecular weight excluding hydrogens is 817 g/mol. The predicted octanol–water partition coefficient (Wildman–Crippen LogP) is 15.3. The van der Waals surface area contributed by atoms with Crippen molar-refractivity contribution in [1.29, 1.82) is 0 Å². The molecule has 0 N–H and O–H groups in total. The Bertz CT molecular complexity index is 3310. The van der Waals surface area contributed by atoms with Gasteiger partial charge >= 0.3 is 0 Å². The van der Waals surface area contributed by atoms with Crippen LogP contribution in [0.1, 0.15) is 44.5 Å². The third-order valence-electron chi connectivity index (χ3n) is 14.2. The van der Waals surface area contributed by atoms with Gasteiger partial charge < -0.3 is 14.2 Å². The lowest BCUT2D eigenvalue weighted by molar-refractivity contribution is 0.660. The normalized spacial score (nSPS) is 14.2. The minimum absolute atomic E-state index is 0.0624. The molecule has 1 aromatic heterocycles. The van der Waals surface area contributed by atoms with Gasteiger partial charge in [-0.25, -0.2) is 0 Å². The smallest absolute Gasteiger partial charge is 0.200 e. The quantitative estimate of drug-likeness (QED) is 0.156. The summed E-state index contributed by atoms with van der Waals surface area (Å²) in [6.45, 7) is 0. The molecule has 0 saturated heterocycles. The number of para-hydroxylation sites is 4. The molecule has 11 aromatic rings. The van der Waals surface area contributed by atoms with Crippen LogP contribution in [0.3, 0.4) is 0 Å². The number of anilines is 6. The molecule has 3 heterocycles. The number of nitrogens with zero attached hydrogens (tertiary/aromatic N) is 2. The molecular formula is C63H42N2O2. The summed E-state index contributed by atoms with van der Waals surface area (Å²) in [5.74, 6) is 0. The molecule has 0 aliphatic carbocycles. The molecule has 0 fully saturated rings. The van der Waals surface area contributed by atoms with Gasteiger partial charge in [-0.2, -0.15) is 0 Å². The molecule has 0 unspecified atom stereocenters. The molecule has 13 rings (SSSR count). The van der Waals surface area contributed by atoms with E-state index >= 15 is 0 Å². The first-order valence-electron chi connectivity index (χ1n) is 22.9. The second-order valence-corrected chi connectivity index (χ2v) is 17.5. The zero-order valence-electron chi connectivity index (χ0n) is 36.5. The predicted molar refractivity (Wildman–Crippen MR) is 273 cm³/mol. The van der Waals surface area contributed by atoms with E-state index in [-0.39, 0.29) is 5.43 Å². The van der Waals surface area contributed by atoms with E-state index < -0.39 is 10.8 Å². The molecule has 67 heavy (non-hydrogen) atoms. The first-order chi connectivity index (χ1) is 33.2. The Balaban J connectivity index is 0.992. The van der Waals surface area contributed by atoms with Gasteiger partial charge in [0.25, 0.3) is 0 Å². The van der Waals surface area contributed by atoms with E-state index in [9.17, 15) is 4.79 Å². The molecule has 0 spiro atoms. The average molecular weight is 859 g/mol. The van der Waals surface area contributed by atoms with Crippen LogP contribution in [0.15, 0.2) is 264 Å². The minimum Gasteiger partial charge on any atom is -0.456 e. The highest BCUT2D eigenvalue weighted by atomic mass is 16.3. The Morgan fingerprint density at radius 1 is 0.299 bits per heavy atom. The van der Waals surface area contributed by atoms with Crippen molar-refractivity contribution in [3.8, 4) is 0 Å². The Hall–Kier alpha value is -8.73. The van der Waals surface area contributed by atoms with Gasteiger partial charge in [0.15, 0.2) is 0 Å². The van der Waals surface area contributed by atoms with E-state index in [1.54, 1.807) is 0 Å². The molecule has 0 radical (unpaired) electrons. The largest absolute Gasteiger partial charge is 0.456 e. The van der Waals surface area contributed by atoms with Gasteiger partial charge in [0.1, 0.15) is 11.2 Å². The van der Waals surface area contributed by atoms with Crippen LogP contribution in [0.25, 0.3) is 21.9 Å². The SMILES string of the molecule is O=c1c2ccc(N3c4ccccc4C(c4ccccc4)(c4ccccc4)c4ccccc43)cc2oc2cc(N3c4ccccc4C(c4ccccc4)(c4ccccc4)c4ccccc43)ccc12. The molecule has 4 heteroatoms. The highest BCUT2D eigenvalue weighted by molar-refractivity contribution is 5.98. The van der Waals surface area contributed by atoms with Gasteiger partial charge in [0.2, 0.25) is 5.43 Å². The summed E-state index contributed by atoms with van der Waals surface area (Å²) in [4.78, 5) is 19.2. The Morgan fingerprint density at radius 2 is 0.567 bits per heavy atom. The molecule has 4 nitrogen and oxygen atoms in total. The van der Waals surface area contributed by atoms with Gasteiger partial charge in [0, 0.05) is 23.5 Å². The van der Waals surface area contributed by atoms with Crippen LogP contribution in [0.2, 0.25) is 0 Å². The van der Waals surface area contributed by atoms with Crippen molar-refractivity contribution in [3.63, 3.8) is 0 Å². The van der Waals surface area contributed by atoms with Gasteiger partial charge in [0.05, 0.1) is 44.4 Å². The summed E-state index contributed by atoms with van der Waals surface area (Å²) in [7, 11) is 0. The lowest BCUT2D eigenvalue weighted by Gasteiger charge is -2.46. The third kappa shape index (κ3) is 5.57. The highest BCUT2D eigenvalue weighted by Crippen LogP contribution is 2.59. The summed E-state index contributed by atoms with van der Waals surface area (Å²) in [6.07, 6.45) is 0. The van der Waals surface area contributed by atoms with Crippen LogP contribution >= 0.6 is 0 Å². The van der Waals surface area contributed by atoms with Crippen molar-refractivity contribution >= 4 is 56.1 Å². The highest BCUT2D eigenvalue weighted by Gasteiger charge is 2.48. The van der Waals surface area contributed by atoms with E-state index in [1.807, 2.05) is 24.3 Å². The fourth-order valence-corrected chi connectivity index (χ4v) is 11.5. The number of hydrogen-bond acceptors (Lipinski definition) is 4. The average Bonchev–Trinajstić information content (AvgIpc) is 3.40. The fourth-order valence-electron chi connectivity index (χ4n) is 11.5. The molecule has 2 aliphatic rings. The third-order valence-corrected chi connectivity index (χ3v) is 14.2. The molecule has 0 saturated carbocycles. The molecule has 2 aliphatic heterocycles. The summed E-state index contributed by atoms with van der Waals surface area (Å²) >= 11 is 0. The van der Waals surface area contributed by atoms with Gasteiger partial charge in [-0.3, -0.25) is 4.79 Å². The fraction of sp³-hybridized carbons (Fsp3) is 0.0317. The Morgan fingerprint density at radius 3 is 0.866 bits per heavy atom. The lowest BCUT2D eigenvalue weighted by Crippen LogP contribution is -2.37. The van der Waals surface area contributed by atoms with Crippen molar-refractivity contribution < 1.29 is 4.42 Å². The van der Waals surface area contributed by atoms with E-state index in [4.69, 9.17) is 4.42 Å². The van der Waals surface area contributed by atoms with Gasteiger partial charge in [-0.1, -0.05) is 194 Å². The van der Waals surface area contributed by atoms with Crippen LogP contribution in [0.4, 0.5) is 34.1 Å². The maximum absolute atomic E-state index is 14.6. The van der Waals surface area contributed by atoms with E-state index in [0.717, 1.165) is 34.1 Å². The van der Waals surface area contributed by atoms with Crippen LogP contribution < -0.4 is 15.2 Å². The van der Waals surface area contributed by atoms with E-state index in [2.05, 4.69) is 240 Å². The van der Waals surface area contributed by atoms with E-state index in [0.29, 0.717) is 21.9 Å². The summed E-state index contributed by atoms with van der Waals surface area (Å²) in [5.41, 5.74) is 15.3. The second-order valence-electron chi connectivity index (χ2n) is 17.5. The molecule has 0 atom stereocenters. The Kier molecular flexibility index (Phi) is 8.77. The molecule has 316 valence electrons. The standard InChI is InChI=1S/C63H42N2O2/c66-61-49-39-37-47(64-55-33-17-13-29-51(55)62(43-21-5-1-6-22-43,44-23-7-2-8-24-44)52-30-14-18-34-56(52)64)41-59(49)67-60-42-48(38-40-50(60)61)65-57-35-19-15-31-53(57)63(45-25-9-3-10-26-45,46-27-11-4-12-28-46)54-32-16-20-36-58(54)65/h1-42H. The van der Waals surface area contributed by atoms with Crippen molar-refractivity contribution in [2.75, 3.05) is 9.80 Å².